The van der Waals surface area contributed by atoms with Crippen LogP contribution in [0, 0.1) is 0 Å². The van der Waals surface area contributed by atoms with Gasteiger partial charge in [-0.3, -0.25) is 4.79 Å². The molecule has 0 bridgehead atoms. The normalized spacial score (nSPS) is 11.9. The predicted molar refractivity (Wildman–Crippen MR) is 83.9 cm³/mol. The molecule has 2 rings (SSSR count). The van der Waals surface area contributed by atoms with Crippen molar-refractivity contribution >= 4 is 5.91 Å². The van der Waals surface area contributed by atoms with Gasteiger partial charge >= 0.3 is 0 Å². The summed E-state index contributed by atoms with van der Waals surface area (Å²) in [5.74, 6) is -0.0776. The van der Waals surface area contributed by atoms with Gasteiger partial charge in [0.05, 0.1) is 19.1 Å². The summed E-state index contributed by atoms with van der Waals surface area (Å²) in [7, 11) is 0. The molecule has 2 aromatic rings. The molecule has 2 aromatic carbocycles. The second-order valence-corrected chi connectivity index (χ2v) is 5.06. The summed E-state index contributed by atoms with van der Waals surface area (Å²) in [6.45, 7) is 1.99. The van der Waals surface area contributed by atoms with E-state index in [-0.39, 0.29) is 18.6 Å². The maximum atomic E-state index is 12.1. The van der Waals surface area contributed by atoms with Crippen molar-refractivity contribution < 1.29 is 9.90 Å². The molecule has 3 heteroatoms. The lowest BCUT2D eigenvalue weighted by Crippen LogP contribution is -2.31. The molecular formula is C18H21NO2. The lowest BCUT2D eigenvalue weighted by atomic mass is 10.0. The van der Waals surface area contributed by atoms with Gasteiger partial charge in [0.1, 0.15) is 0 Å². The van der Waals surface area contributed by atoms with Crippen LogP contribution in [0.3, 0.4) is 0 Å². The fraction of sp³-hybridized carbons (Fsp3) is 0.278. The van der Waals surface area contributed by atoms with Crippen LogP contribution in [0.1, 0.15) is 29.7 Å². The van der Waals surface area contributed by atoms with E-state index in [4.69, 9.17) is 0 Å². The summed E-state index contributed by atoms with van der Waals surface area (Å²) in [6, 6.07) is 17.2. The first-order valence-corrected chi connectivity index (χ1v) is 7.26. The molecule has 0 aliphatic carbocycles. The van der Waals surface area contributed by atoms with E-state index in [2.05, 4.69) is 24.4 Å². The highest BCUT2D eigenvalue weighted by Crippen LogP contribution is 2.12. The van der Waals surface area contributed by atoms with Crippen LogP contribution in [0.15, 0.2) is 54.6 Å². The molecule has 0 aromatic heterocycles. The molecule has 0 aliphatic rings. The van der Waals surface area contributed by atoms with Gasteiger partial charge in [0.15, 0.2) is 0 Å². The molecule has 3 nitrogen and oxygen atoms in total. The van der Waals surface area contributed by atoms with E-state index in [0.717, 1.165) is 17.5 Å². The first kappa shape index (κ1) is 15.3. The number of nitrogens with one attached hydrogen (secondary N) is 1. The van der Waals surface area contributed by atoms with Crippen LogP contribution in [0.25, 0.3) is 0 Å². The number of amides is 1. The van der Waals surface area contributed by atoms with Crippen molar-refractivity contribution in [2.45, 2.75) is 25.8 Å². The molecule has 0 spiro atoms. The van der Waals surface area contributed by atoms with E-state index in [9.17, 15) is 9.90 Å². The van der Waals surface area contributed by atoms with E-state index >= 15 is 0 Å². The Kier molecular flexibility index (Phi) is 5.52. The summed E-state index contributed by atoms with van der Waals surface area (Å²) in [4.78, 5) is 12.1. The van der Waals surface area contributed by atoms with Crippen LogP contribution in [-0.2, 0) is 17.6 Å². The molecular weight excluding hydrogens is 262 g/mol. The third-order valence-corrected chi connectivity index (χ3v) is 3.48. The molecule has 0 fully saturated rings. The van der Waals surface area contributed by atoms with Crippen LogP contribution in [0.5, 0.6) is 0 Å². The smallest absolute Gasteiger partial charge is 0.224 e. The Labute approximate surface area is 125 Å². The molecule has 110 valence electrons. The lowest BCUT2D eigenvalue weighted by molar-refractivity contribution is -0.121. The van der Waals surface area contributed by atoms with Gasteiger partial charge in [0.2, 0.25) is 5.91 Å². The average molecular weight is 283 g/mol. The number of aliphatic hydroxyl groups is 1. The molecule has 1 amide bonds. The average Bonchev–Trinajstić information content (AvgIpc) is 2.53. The van der Waals surface area contributed by atoms with E-state index in [1.807, 2.05) is 42.5 Å². The van der Waals surface area contributed by atoms with Crippen molar-refractivity contribution in [3.8, 4) is 0 Å². The van der Waals surface area contributed by atoms with Crippen molar-refractivity contribution in [3.63, 3.8) is 0 Å². The minimum Gasteiger partial charge on any atom is -0.394 e. The van der Waals surface area contributed by atoms with Gasteiger partial charge in [-0.05, 0) is 23.1 Å². The van der Waals surface area contributed by atoms with Crippen LogP contribution in [0.2, 0.25) is 0 Å². The molecule has 21 heavy (non-hydrogen) atoms. The van der Waals surface area contributed by atoms with Gasteiger partial charge in [-0.15, -0.1) is 0 Å². The Morgan fingerprint density at radius 1 is 1.10 bits per heavy atom. The summed E-state index contributed by atoms with van der Waals surface area (Å²) in [5.41, 5.74) is 3.13. The first-order chi connectivity index (χ1) is 10.2. The van der Waals surface area contributed by atoms with Gasteiger partial charge in [0, 0.05) is 0 Å². The molecule has 0 saturated carbocycles. The Morgan fingerprint density at radius 3 is 2.48 bits per heavy atom. The molecule has 0 aliphatic heterocycles. The van der Waals surface area contributed by atoms with Crippen molar-refractivity contribution in [1.82, 2.24) is 5.32 Å². The summed E-state index contributed by atoms with van der Waals surface area (Å²) in [6.07, 6.45) is 1.29. The first-order valence-electron chi connectivity index (χ1n) is 7.26. The van der Waals surface area contributed by atoms with Gasteiger partial charge in [0.25, 0.3) is 0 Å². The van der Waals surface area contributed by atoms with Crippen LogP contribution < -0.4 is 5.32 Å². The van der Waals surface area contributed by atoms with E-state index in [0.29, 0.717) is 6.42 Å². The predicted octanol–water partition coefficient (Wildman–Crippen LogP) is 2.64. The fourth-order valence-corrected chi connectivity index (χ4v) is 2.31. The monoisotopic (exact) mass is 283 g/mol. The zero-order valence-corrected chi connectivity index (χ0v) is 12.3. The topological polar surface area (TPSA) is 49.3 Å². The summed E-state index contributed by atoms with van der Waals surface area (Å²) >= 11 is 0. The SMILES string of the molecule is CCc1cccc(CC(=O)NC(CO)c2ccccc2)c1. The van der Waals surface area contributed by atoms with Crippen molar-refractivity contribution in [1.29, 1.82) is 0 Å². The van der Waals surface area contributed by atoms with Gasteiger partial charge in [-0.1, -0.05) is 61.5 Å². The van der Waals surface area contributed by atoms with E-state index < -0.39 is 0 Å². The number of hydrogen-bond acceptors (Lipinski definition) is 2. The van der Waals surface area contributed by atoms with Gasteiger partial charge < -0.3 is 10.4 Å². The van der Waals surface area contributed by atoms with Crippen molar-refractivity contribution in [2.75, 3.05) is 6.61 Å². The van der Waals surface area contributed by atoms with Crippen LogP contribution >= 0.6 is 0 Å². The van der Waals surface area contributed by atoms with E-state index in [1.165, 1.54) is 5.56 Å². The lowest BCUT2D eigenvalue weighted by Gasteiger charge is -2.16. The number of rotatable bonds is 6. The molecule has 0 radical (unpaired) electrons. The van der Waals surface area contributed by atoms with Crippen LogP contribution in [0.4, 0.5) is 0 Å². The molecule has 1 unspecified atom stereocenters. The Hall–Kier alpha value is -2.13. The molecule has 0 saturated heterocycles. The van der Waals surface area contributed by atoms with Crippen LogP contribution in [-0.4, -0.2) is 17.6 Å². The highest BCUT2D eigenvalue weighted by molar-refractivity contribution is 5.79. The second-order valence-electron chi connectivity index (χ2n) is 5.06. The number of aliphatic hydroxyl groups excluding tert-OH is 1. The zero-order chi connectivity index (χ0) is 15.1. The highest BCUT2D eigenvalue weighted by Gasteiger charge is 2.13. The standard InChI is InChI=1S/C18H21NO2/c1-2-14-7-6-8-15(11-14)12-18(21)19-17(13-20)16-9-4-3-5-10-16/h3-11,17,20H,2,12-13H2,1H3,(H,19,21). The largest absolute Gasteiger partial charge is 0.394 e. The molecule has 0 heterocycles. The molecule has 1 atom stereocenters. The summed E-state index contributed by atoms with van der Waals surface area (Å²) < 4.78 is 0. The number of hydrogen-bond donors (Lipinski definition) is 2. The maximum Gasteiger partial charge on any atom is 0.224 e. The summed E-state index contributed by atoms with van der Waals surface area (Å²) in [5, 5.41) is 12.3. The van der Waals surface area contributed by atoms with Gasteiger partial charge in [-0.25, -0.2) is 0 Å². The minimum absolute atomic E-state index is 0.0776. The zero-order valence-electron chi connectivity index (χ0n) is 12.3. The quantitative estimate of drug-likeness (QED) is 0.856. The number of benzene rings is 2. The number of aryl methyl sites for hydroxylation is 1. The Bertz CT molecular complexity index is 581. The van der Waals surface area contributed by atoms with Crippen molar-refractivity contribution in [3.05, 3.63) is 71.3 Å². The molecule has 2 N–H and O–H groups in total. The minimum atomic E-state index is -0.354. The van der Waals surface area contributed by atoms with E-state index in [1.54, 1.807) is 0 Å². The maximum absolute atomic E-state index is 12.1. The Morgan fingerprint density at radius 2 is 1.81 bits per heavy atom. The second kappa shape index (κ2) is 7.60. The number of carbonyl (C=O) groups is 1. The third kappa shape index (κ3) is 4.43. The van der Waals surface area contributed by atoms with Crippen molar-refractivity contribution in [2.24, 2.45) is 0 Å². The third-order valence-electron chi connectivity index (χ3n) is 3.48. The number of carbonyl (C=O) groups excluding carboxylic acids is 1. The Balaban J connectivity index is 2.00. The highest BCUT2D eigenvalue weighted by atomic mass is 16.3. The van der Waals surface area contributed by atoms with Gasteiger partial charge in [-0.2, -0.15) is 0 Å². The fourth-order valence-electron chi connectivity index (χ4n) is 2.31.